The average molecular weight is 323 g/mol. The molecule has 6 heteroatoms. The number of rotatable bonds is 4. The van der Waals surface area contributed by atoms with Crippen LogP contribution in [0.15, 0.2) is 42.5 Å². The van der Waals surface area contributed by atoms with E-state index in [1.807, 2.05) is 18.2 Å². The minimum absolute atomic E-state index is 0.0634. The van der Waals surface area contributed by atoms with Crippen LogP contribution in [0.2, 0.25) is 0 Å². The summed E-state index contributed by atoms with van der Waals surface area (Å²) in [6, 6.07) is 14.3. The fraction of sp³-hybridized carbons (Fsp3) is 0.389. The first-order valence-corrected chi connectivity index (χ1v) is 8.49. The molecule has 124 valence electrons. The van der Waals surface area contributed by atoms with Gasteiger partial charge in [-0.15, -0.1) is 10.2 Å². The quantitative estimate of drug-likeness (QED) is 0.934. The molecule has 1 aliphatic heterocycles. The topological polar surface area (TPSA) is 61.4 Å². The molecule has 0 radical (unpaired) electrons. The highest BCUT2D eigenvalue weighted by atomic mass is 16.2. The Hall–Kier alpha value is -2.63. The van der Waals surface area contributed by atoms with Gasteiger partial charge >= 0.3 is 0 Å². The molecule has 1 aliphatic carbocycles. The predicted octanol–water partition coefficient (Wildman–Crippen LogP) is 2.15. The van der Waals surface area contributed by atoms with Crippen LogP contribution in [-0.2, 0) is 4.79 Å². The maximum absolute atomic E-state index is 11.7. The van der Waals surface area contributed by atoms with Crippen molar-refractivity contribution < 1.29 is 4.79 Å². The number of nitrogens with zero attached hydrogens (tertiary/aromatic N) is 4. The van der Waals surface area contributed by atoms with Crippen molar-refractivity contribution in [3.05, 3.63) is 42.5 Å². The number of anilines is 3. The molecule has 1 aromatic carbocycles. The summed E-state index contributed by atoms with van der Waals surface area (Å²) in [6.07, 6.45) is 1.98. The number of hydrogen-bond acceptors (Lipinski definition) is 5. The smallest absolute Gasteiger partial charge is 0.228 e. The molecule has 0 atom stereocenters. The third-order valence-corrected chi connectivity index (χ3v) is 4.57. The second kappa shape index (κ2) is 6.47. The number of nitrogens with one attached hydrogen (secondary N) is 1. The highest BCUT2D eigenvalue weighted by Crippen LogP contribution is 2.30. The van der Waals surface area contributed by atoms with E-state index in [-0.39, 0.29) is 11.8 Å². The van der Waals surface area contributed by atoms with Gasteiger partial charge in [-0.3, -0.25) is 4.79 Å². The van der Waals surface area contributed by atoms with E-state index in [0.717, 1.165) is 44.8 Å². The summed E-state index contributed by atoms with van der Waals surface area (Å²) < 4.78 is 0. The molecule has 1 saturated carbocycles. The molecular weight excluding hydrogens is 302 g/mol. The number of carbonyl (C=O) groups is 1. The zero-order valence-electron chi connectivity index (χ0n) is 13.6. The summed E-state index contributed by atoms with van der Waals surface area (Å²) in [5, 5.41) is 11.2. The third-order valence-electron chi connectivity index (χ3n) is 4.57. The molecule has 0 spiro atoms. The Morgan fingerprint density at radius 2 is 1.62 bits per heavy atom. The normalized spacial score (nSPS) is 17.7. The minimum Gasteiger partial charge on any atom is -0.368 e. The molecule has 1 N–H and O–H groups in total. The van der Waals surface area contributed by atoms with Crippen molar-refractivity contribution >= 4 is 23.2 Å². The molecule has 2 heterocycles. The molecule has 6 nitrogen and oxygen atoms in total. The van der Waals surface area contributed by atoms with Crippen LogP contribution < -0.4 is 15.1 Å². The fourth-order valence-corrected chi connectivity index (χ4v) is 2.97. The zero-order chi connectivity index (χ0) is 16.4. The minimum atomic E-state index is 0.0634. The van der Waals surface area contributed by atoms with Crippen molar-refractivity contribution in [1.29, 1.82) is 0 Å². The van der Waals surface area contributed by atoms with Gasteiger partial charge in [-0.1, -0.05) is 18.2 Å². The molecular formula is C18H21N5O. The standard InChI is InChI=1S/C18H21N5O/c24-18(14-6-7-14)19-16-8-9-17(21-20-16)23-12-10-22(11-13-23)15-4-2-1-3-5-15/h1-5,8-9,14H,6-7,10-13H2,(H,19,20,24). The van der Waals surface area contributed by atoms with E-state index < -0.39 is 0 Å². The van der Waals surface area contributed by atoms with Gasteiger partial charge in [-0.25, -0.2) is 0 Å². The molecule has 2 aliphatic rings. The number of carbonyl (C=O) groups excluding carboxylic acids is 1. The van der Waals surface area contributed by atoms with Gasteiger partial charge in [0.15, 0.2) is 11.6 Å². The number of para-hydroxylation sites is 1. The van der Waals surface area contributed by atoms with Crippen molar-refractivity contribution in [3.63, 3.8) is 0 Å². The monoisotopic (exact) mass is 323 g/mol. The number of amides is 1. The van der Waals surface area contributed by atoms with Gasteiger partial charge in [0.25, 0.3) is 0 Å². The van der Waals surface area contributed by atoms with Crippen LogP contribution in [0.1, 0.15) is 12.8 Å². The SMILES string of the molecule is O=C(Nc1ccc(N2CCN(c3ccccc3)CC2)nn1)C1CC1. The van der Waals surface area contributed by atoms with Gasteiger partial charge in [0.2, 0.25) is 5.91 Å². The molecule has 4 rings (SSSR count). The first kappa shape index (κ1) is 14.9. The van der Waals surface area contributed by atoms with Crippen LogP contribution in [0.3, 0.4) is 0 Å². The third kappa shape index (κ3) is 3.32. The average Bonchev–Trinajstić information content (AvgIpc) is 3.49. The Bertz CT molecular complexity index is 691. The summed E-state index contributed by atoms with van der Waals surface area (Å²) in [5.74, 6) is 1.65. The van der Waals surface area contributed by atoms with Gasteiger partial charge in [0, 0.05) is 37.8 Å². The van der Waals surface area contributed by atoms with Crippen molar-refractivity contribution in [3.8, 4) is 0 Å². The molecule has 24 heavy (non-hydrogen) atoms. The van der Waals surface area contributed by atoms with Crippen molar-refractivity contribution in [2.75, 3.05) is 41.3 Å². The van der Waals surface area contributed by atoms with Crippen molar-refractivity contribution in [2.45, 2.75) is 12.8 Å². The lowest BCUT2D eigenvalue weighted by molar-refractivity contribution is -0.117. The van der Waals surface area contributed by atoms with E-state index in [9.17, 15) is 4.79 Å². The van der Waals surface area contributed by atoms with E-state index in [0.29, 0.717) is 5.82 Å². The first-order valence-electron chi connectivity index (χ1n) is 8.49. The summed E-state index contributed by atoms with van der Waals surface area (Å²) >= 11 is 0. The van der Waals surface area contributed by atoms with Gasteiger partial charge in [-0.05, 0) is 37.1 Å². The van der Waals surface area contributed by atoms with E-state index in [4.69, 9.17) is 0 Å². The maximum atomic E-state index is 11.7. The second-order valence-electron chi connectivity index (χ2n) is 6.35. The van der Waals surface area contributed by atoms with Gasteiger partial charge in [0.1, 0.15) is 0 Å². The summed E-state index contributed by atoms with van der Waals surface area (Å²) in [4.78, 5) is 16.4. The summed E-state index contributed by atoms with van der Waals surface area (Å²) in [6.45, 7) is 3.76. The molecule has 2 fully saturated rings. The van der Waals surface area contributed by atoms with E-state index in [2.05, 4.69) is 49.6 Å². The summed E-state index contributed by atoms with van der Waals surface area (Å²) in [5.41, 5.74) is 1.27. The first-order chi connectivity index (χ1) is 11.8. The lowest BCUT2D eigenvalue weighted by Gasteiger charge is -2.36. The van der Waals surface area contributed by atoms with Gasteiger partial charge in [-0.2, -0.15) is 0 Å². The van der Waals surface area contributed by atoms with Crippen molar-refractivity contribution in [1.82, 2.24) is 10.2 Å². The lowest BCUT2D eigenvalue weighted by atomic mass is 10.2. The Morgan fingerprint density at radius 1 is 0.917 bits per heavy atom. The van der Waals surface area contributed by atoms with Crippen LogP contribution >= 0.6 is 0 Å². The molecule has 0 bridgehead atoms. The molecule has 1 amide bonds. The van der Waals surface area contributed by atoms with Crippen LogP contribution in [0.4, 0.5) is 17.3 Å². The Kier molecular flexibility index (Phi) is 4.02. The second-order valence-corrected chi connectivity index (χ2v) is 6.35. The Morgan fingerprint density at radius 3 is 2.25 bits per heavy atom. The maximum Gasteiger partial charge on any atom is 0.228 e. The molecule has 1 saturated heterocycles. The largest absolute Gasteiger partial charge is 0.368 e. The zero-order valence-corrected chi connectivity index (χ0v) is 13.6. The van der Waals surface area contributed by atoms with Crippen LogP contribution in [0.25, 0.3) is 0 Å². The summed E-state index contributed by atoms with van der Waals surface area (Å²) in [7, 11) is 0. The van der Waals surface area contributed by atoms with Crippen LogP contribution in [0.5, 0.6) is 0 Å². The molecule has 2 aromatic rings. The molecule has 0 unspecified atom stereocenters. The van der Waals surface area contributed by atoms with Crippen LogP contribution in [-0.4, -0.2) is 42.3 Å². The van der Waals surface area contributed by atoms with Crippen LogP contribution in [0, 0.1) is 5.92 Å². The van der Waals surface area contributed by atoms with Gasteiger partial charge < -0.3 is 15.1 Å². The van der Waals surface area contributed by atoms with E-state index in [1.54, 1.807) is 0 Å². The highest BCUT2D eigenvalue weighted by molar-refractivity contribution is 5.93. The fourth-order valence-electron chi connectivity index (χ4n) is 2.97. The Labute approximate surface area is 141 Å². The number of piperazine rings is 1. The predicted molar refractivity (Wildman–Crippen MR) is 94.3 cm³/mol. The van der Waals surface area contributed by atoms with E-state index in [1.165, 1.54) is 5.69 Å². The highest BCUT2D eigenvalue weighted by Gasteiger charge is 2.29. The number of hydrogen-bond donors (Lipinski definition) is 1. The lowest BCUT2D eigenvalue weighted by Crippen LogP contribution is -2.46. The molecule has 1 aromatic heterocycles. The Balaban J connectivity index is 1.34. The number of benzene rings is 1. The van der Waals surface area contributed by atoms with E-state index >= 15 is 0 Å². The van der Waals surface area contributed by atoms with Crippen molar-refractivity contribution in [2.24, 2.45) is 5.92 Å². The number of aromatic nitrogens is 2. The van der Waals surface area contributed by atoms with Gasteiger partial charge in [0.05, 0.1) is 0 Å².